The Hall–Kier alpha value is -1.76. The van der Waals surface area contributed by atoms with Crippen LogP contribution < -0.4 is 9.47 Å². The molecule has 0 aliphatic rings. The molecule has 0 atom stereocenters. The van der Waals surface area contributed by atoms with Crippen molar-refractivity contribution in [1.82, 2.24) is 4.98 Å². The highest BCUT2D eigenvalue weighted by atomic mass is 79.9. The van der Waals surface area contributed by atoms with Crippen LogP contribution in [0.1, 0.15) is 0 Å². The molecule has 0 spiro atoms. The zero-order valence-corrected chi connectivity index (χ0v) is 11.2. The lowest BCUT2D eigenvalue weighted by molar-refractivity contribution is 0.383. The van der Waals surface area contributed by atoms with Crippen LogP contribution in [0.3, 0.4) is 0 Å². The number of halogens is 4. The van der Waals surface area contributed by atoms with Crippen molar-refractivity contribution in [2.24, 2.45) is 0 Å². The molecule has 0 N–H and O–H groups in total. The summed E-state index contributed by atoms with van der Waals surface area (Å²) in [6, 6.07) is 4.99. The number of rotatable bonds is 3. The summed E-state index contributed by atoms with van der Waals surface area (Å²) in [5, 5.41) is 0. The van der Waals surface area contributed by atoms with Crippen molar-refractivity contribution < 1.29 is 22.6 Å². The predicted octanol–water partition coefficient (Wildman–Crippen LogP) is 4.06. The largest absolute Gasteiger partial charge is 0.497 e. The molecular formula is C12H7BrF3NO2. The molecule has 19 heavy (non-hydrogen) atoms. The zero-order chi connectivity index (χ0) is 14.0. The van der Waals surface area contributed by atoms with E-state index in [-0.39, 0.29) is 5.75 Å². The Morgan fingerprint density at radius 3 is 2.47 bits per heavy atom. The van der Waals surface area contributed by atoms with Gasteiger partial charge in [0, 0.05) is 6.07 Å². The van der Waals surface area contributed by atoms with Crippen molar-refractivity contribution >= 4 is 15.9 Å². The molecule has 2 aromatic rings. The van der Waals surface area contributed by atoms with Gasteiger partial charge in [-0.15, -0.1) is 0 Å². The van der Waals surface area contributed by atoms with Gasteiger partial charge in [0.15, 0.2) is 11.6 Å². The molecule has 0 aliphatic carbocycles. The van der Waals surface area contributed by atoms with E-state index in [0.717, 1.165) is 0 Å². The second-order valence-corrected chi connectivity index (χ2v) is 4.30. The van der Waals surface area contributed by atoms with Gasteiger partial charge in [-0.2, -0.15) is 9.37 Å². The lowest BCUT2D eigenvalue weighted by Crippen LogP contribution is -1.98. The average Bonchev–Trinajstić information content (AvgIpc) is 2.38. The average molecular weight is 334 g/mol. The summed E-state index contributed by atoms with van der Waals surface area (Å²) in [6.07, 6.45) is 0. The first-order valence-electron chi connectivity index (χ1n) is 5.04. The van der Waals surface area contributed by atoms with E-state index in [1.165, 1.54) is 13.2 Å². The molecule has 7 heteroatoms. The van der Waals surface area contributed by atoms with Crippen LogP contribution in [0.2, 0.25) is 0 Å². The topological polar surface area (TPSA) is 31.4 Å². The fourth-order valence-electron chi connectivity index (χ4n) is 1.30. The number of nitrogens with zero attached hydrogens (tertiary/aromatic N) is 1. The molecule has 0 amide bonds. The van der Waals surface area contributed by atoms with Crippen LogP contribution in [0.25, 0.3) is 0 Å². The van der Waals surface area contributed by atoms with E-state index in [2.05, 4.69) is 20.9 Å². The quantitative estimate of drug-likeness (QED) is 0.793. The Balaban J connectivity index is 2.33. The normalized spacial score (nSPS) is 10.4. The molecule has 0 saturated heterocycles. The molecule has 3 nitrogen and oxygen atoms in total. The summed E-state index contributed by atoms with van der Waals surface area (Å²) in [6.45, 7) is 0. The van der Waals surface area contributed by atoms with Crippen molar-refractivity contribution in [3.8, 4) is 17.4 Å². The van der Waals surface area contributed by atoms with Crippen LogP contribution in [0.15, 0.2) is 28.7 Å². The first-order chi connectivity index (χ1) is 9.01. The van der Waals surface area contributed by atoms with Gasteiger partial charge in [0.2, 0.25) is 0 Å². The van der Waals surface area contributed by atoms with E-state index >= 15 is 0 Å². The van der Waals surface area contributed by atoms with Crippen LogP contribution in [0.4, 0.5) is 13.2 Å². The molecule has 0 fully saturated rings. The lowest BCUT2D eigenvalue weighted by Gasteiger charge is -2.09. The van der Waals surface area contributed by atoms with Gasteiger partial charge in [-0.25, -0.2) is 8.78 Å². The summed E-state index contributed by atoms with van der Waals surface area (Å²) >= 11 is 3.18. The van der Waals surface area contributed by atoms with Crippen LogP contribution in [0.5, 0.6) is 17.4 Å². The number of hydrogen-bond acceptors (Lipinski definition) is 3. The summed E-state index contributed by atoms with van der Waals surface area (Å²) in [4.78, 5) is 3.06. The maximum Gasteiger partial charge on any atom is 0.258 e. The summed E-state index contributed by atoms with van der Waals surface area (Å²) in [5.41, 5.74) is 0. The molecule has 1 heterocycles. The Labute approximate surface area is 115 Å². The van der Waals surface area contributed by atoms with Gasteiger partial charge in [-0.05, 0) is 34.1 Å². The Morgan fingerprint density at radius 1 is 1.11 bits per heavy atom. The standard InChI is InChI=1S/C12H7BrF3NO2/c1-18-6-2-3-10(7(13)4-6)19-12-9(15)5-8(14)11(16)17-12/h2-5H,1H3. The second-order valence-electron chi connectivity index (χ2n) is 3.45. The van der Waals surface area contributed by atoms with E-state index in [0.29, 0.717) is 16.3 Å². The van der Waals surface area contributed by atoms with Gasteiger partial charge in [-0.3, -0.25) is 0 Å². The van der Waals surface area contributed by atoms with Crippen LogP contribution >= 0.6 is 15.9 Å². The zero-order valence-electron chi connectivity index (χ0n) is 9.58. The Morgan fingerprint density at radius 2 is 1.84 bits per heavy atom. The van der Waals surface area contributed by atoms with Crippen LogP contribution in [-0.2, 0) is 0 Å². The highest BCUT2D eigenvalue weighted by molar-refractivity contribution is 9.10. The smallest absolute Gasteiger partial charge is 0.258 e. The maximum atomic E-state index is 13.4. The van der Waals surface area contributed by atoms with Crippen molar-refractivity contribution in [3.63, 3.8) is 0 Å². The fraction of sp³-hybridized carbons (Fsp3) is 0.0833. The molecule has 0 aliphatic heterocycles. The van der Waals surface area contributed by atoms with Crippen molar-refractivity contribution in [2.45, 2.75) is 0 Å². The third-order valence-corrected chi connectivity index (χ3v) is 2.82. The number of aromatic nitrogens is 1. The van der Waals surface area contributed by atoms with E-state index in [1.807, 2.05) is 0 Å². The van der Waals surface area contributed by atoms with E-state index < -0.39 is 23.5 Å². The number of ether oxygens (including phenoxy) is 2. The molecule has 2 rings (SSSR count). The third-order valence-electron chi connectivity index (χ3n) is 2.20. The minimum absolute atomic E-state index is 0.193. The summed E-state index contributed by atoms with van der Waals surface area (Å²) in [5.74, 6) is -3.80. The van der Waals surface area contributed by atoms with Gasteiger partial charge in [0.1, 0.15) is 11.5 Å². The minimum Gasteiger partial charge on any atom is -0.497 e. The number of pyridine rings is 1. The van der Waals surface area contributed by atoms with Crippen LogP contribution in [0, 0.1) is 17.6 Å². The van der Waals surface area contributed by atoms with Crippen molar-refractivity contribution in [1.29, 1.82) is 0 Å². The highest BCUT2D eigenvalue weighted by Crippen LogP contribution is 2.33. The molecular weight excluding hydrogens is 327 g/mol. The maximum absolute atomic E-state index is 13.4. The lowest BCUT2D eigenvalue weighted by atomic mass is 10.3. The number of hydrogen-bond donors (Lipinski definition) is 0. The molecule has 0 bridgehead atoms. The number of methoxy groups -OCH3 is 1. The van der Waals surface area contributed by atoms with Crippen molar-refractivity contribution in [2.75, 3.05) is 7.11 Å². The predicted molar refractivity (Wildman–Crippen MR) is 64.9 cm³/mol. The molecule has 1 aromatic heterocycles. The molecule has 0 radical (unpaired) electrons. The fourth-order valence-corrected chi connectivity index (χ4v) is 1.73. The van der Waals surface area contributed by atoms with Gasteiger partial charge in [0.05, 0.1) is 11.6 Å². The molecule has 1 aromatic carbocycles. The molecule has 0 saturated carbocycles. The summed E-state index contributed by atoms with van der Waals surface area (Å²) < 4.78 is 49.5. The number of benzene rings is 1. The monoisotopic (exact) mass is 333 g/mol. The summed E-state index contributed by atoms with van der Waals surface area (Å²) in [7, 11) is 1.48. The van der Waals surface area contributed by atoms with Gasteiger partial charge >= 0.3 is 0 Å². The second kappa shape index (κ2) is 5.48. The van der Waals surface area contributed by atoms with Gasteiger partial charge in [0.25, 0.3) is 11.8 Å². The Bertz CT molecular complexity index is 622. The third kappa shape index (κ3) is 2.98. The first kappa shape index (κ1) is 13.7. The van der Waals surface area contributed by atoms with Crippen LogP contribution in [-0.4, -0.2) is 12.1 Å². The van der Waals surface area contributed by atoms with E-state index in [9.17, 15) is 13.2 Å². The highest BCUT2D eigenvalue weighted by Gasteiger charge is 2.15. The Kier molecular flexibility index (Phi) is 3.94. The molecule has 100 valence electrons. The molecule has 0 unspecified atom stereocenters. The van der Waals surface area contributed by atoms with Gasteiger partial charge in [-0.1, -0.05) is 0 Å². The van der Waals surface area contributed by atoms with Gasteiger partial charge < -0.3 is 9.47 Å². The minimum atomic E-state index is -1.43. The van der Waals surface area contributed by atoms with E-state index in [1.54, 1.807) is 12.1 Å². The first-order valence-corrected chi connectivity index (χ1v) is 5.83. The SMILES string of the molecule is COc1ccc(Oc2nc(F)c(F)cc2F)c(Br)c1. The van der Waals surface area contributed by atoms with E-state index in [4.69, 9.17) is 9.47 Å². The van der Waals surface area contributed by atoms with Crippen molar-refractivity contribution in [3.05, 3.63) is 46.3 Å².